The molecule has 1 aliphatic heterocycles. The molecule has 0 aromatic carbocycles. The van der Waals surface area contributed by atoms with Crippen LogP contribution in [0.15, 0.2) is 35.5 Å². The van der Waals surface area contributed by atoms with Gasteiger partial charge < -0.3 is 9.47 Å². The van der Waals surface area contributed by atoms with Crippen molar-refractivity contribution in [2.24, 2.45) is 5.92 Å². The Bertz CT molecular complexity index is 431. The van der Waals surface area contributed by atoms with Gasteiger partial charge in [0, 0.05) is 0 Å². The number of ether oxygens (including phenoxy) is 2. The molecule has 2 nitrogen and oxygen atoms in total. The van der Waals surface area contributed by atoms with Crippen molar-refractivity contribution in [3.63, 3.8) is 0 Å². The summed E-state index contributed by atoms with van der Waals surface area (Å²) >= 11 is 0. The van der Waals surface area contributed by atoms with Gasteiger partial charge >= 0.3 is 0 Å². The fourth-order valence-corrected chi connectivity index (χ4v) is 2.75. The van der Waals surface area contributed by atoms with Gasteiger partial charge in [-0.2, -0.15) is 0 Å². The van der Waals surface area contributed by atoms with Crippen LogP contribution in [0.4, 0.5) is 0 Å². The highest BCUT2D eigenvalue weighted by Crippen LogP contribution is 2.24. The number of rotatable bonds is 9. The van der Waals surface area contributed by atoms with Gasteiger partial charge in [0.25, 0.3) is 0 Å². The van der Waals surface area contributed by atoms with Gasteiger partial charge in [-0.05, 0) is 65.4 Å². The molecule has 1 saturated heterocycles. The second-order valence-corrected chi connectivity index (χ2v) is 7.50. The minimum Gasteiger partial charge on any atom is -0.344 e. The van der Waals surface area contributed by atoms with E-state index in [1.54, 1.807) is 0 Å². The summed E-state index contributed by atoms with van der Waals surface area (Å²) in [6, 6.07) is 0. The van der Waals surface area contributed by atoms with Gasteiger partial charge in [-0.25, -0.2) is 0 Å². The van der Waals surface area contributed by atoms with E-state index in [1.165, 1.54) is 30.4 Å². The molecule has 1 aliphatic rings. The van der Waals surface area contributed by atoms with E-state index in [2.05, 4.69) is 45.9 Å². The molecule has 1 rings (SSSR count). The van der Waals surface area contributed by atoms with Crippen LogP contribution in [0.5, 0.6) is 0 Å². The topological polar surface area (TPSA) is 18.5 Å². The van der Waals surface area contributed by atoms with Crippen molar-refractivity contribution in [3.05, 3.63) is 35.5 Å². The van der Waals surface area contributed by atoms with Crippen LogP contribution in [0.3, 0.4) is 0 Å². The van der Waals surface area contributed by atoms with E-state index in [1.807, 2.05) is 19.9 Å². The molecular weight excluding hydrogens is 284 g/mol. The first kappa shape index (κ1) is 20.2. The molecule has 2 atom stereocenters. The van der Waals surface area contributed by atoms with Gasteiger partial charge in [0.2, 0.25) is 0 Å². The van der Waals surface area contributed by atoms with E-state index in [4.69, 9.17) is 9.47 Å². The maximum absolute atomic E-state index is 5.75. The van der Waals surface area contributed by atoms with Crippen molar-refractivity contribution in [3.8, 4) is 0 Å². The predicted octanol–water partition coefficient (Wildman–Crippen LogP) is 6.19. The molecule has 0 spiro atoms. The van der Waals surface area contributed by atoms with Crippen LogP contribution in [0.1, 0.15) is 73.6 Å². The zero-order valence-electron chi connectivity index (χ0n) is 16.0. The Morgan fingerprint density at radius 3 is 2.57 bits per heavy atom. The second kappa shape index (κ2) is 10.1. The van der Waals surface area contributed by atoms with E-state index < -0.39 is 5.79 Å². The monoisotopic (exact) mass is 320 g/mol. The lowest BCUT2D eigenvalue weighted by Gasteiger charge is -2.17. The van der Waals surface area contributed by atoms with Crippen LogP contribution >= 0.6 is 0 Å². The van der Waals surface area contributed by atoms with Gasteiger partial charge in [-0.3, -0.25) is 0 Å². The Kier molecular flexibility index (Phi) is 8.86. The highest BCUT2D eigenvalue weighted by Gasteiger charge is 2.32. The molecule has 0 saturated carbocycles. The summed E-state index contributed by atoms with van der Waals surface area (Å²) in [5, 5.41) is 0. The van der Waals surface area contributed by atoms with Crippen LogP contribution in [-0.4, -0.2) is 18.5 Å². The van der Waals surface area contributed by atoms with Crippen LogP contribution < -0.4 is 0 Å². The van der Waals surface area contributed by atoms with Crippen LogP contribution in [0.2, 0.25) is 0 Å². The lowest BCUT2D eigenvalue weighted by molar-refractivity contribution is -0.111. The van der Waals surface area contributed by atoms with Crippen LogP contribution in [-0.2, 0) is 9.47 Å². The smallest absolute Gasteiger partial charge is 0.185 e. The van der Waals surface area contributed by atoms with Crippen LogP contribution in [0.25, 0.3) is 0 Å². The second-order valence-electron chi connectivity index (χ2n) is 7.50. The molecule has 0 N–H and O–H groups in total. The van der Waals surface area contributed by atoms with Crippen molar-refractivity contribution in [2.75, 3.05) is 6.61 Å². The molecule has 0 bridgehead atoms. The Hall–Kier alpha value is -0.860. The molecular formula is C21H36O2. The van der Waals surface area contributed by atoms with E-state index in [0.717, 1.165) is 18.8 Å². The number of hydrogen-bond donors (Lipinski definition) is 0. The average molecular weight is 321 g/mol. The Balaban J connectivity index is 2.28. The Morgan fingerprint density at radius 1 is 1.22 bits per heavy atom. The summed E-state index contributed by atoms with van der Waals surface area (Å²) in [5.41, 5.74) is 2.92. The third kappa shape index (κ3) is 9.12. The SMILES string of the molecule is CC(=CC=CC1(C)OCC(C)O1)CCC=C(C)CCCC(C)C. The van der Waals surface area contributed by atoms with E-state index >= 15 is 0 Å². The maximum atomic E-state index is 5.75. The van der Waals surface area contributed by atoms with Crippen molar-refractivity contribution in [2.45, 2.75) is 85.5 Å². The third-order valence-electron chi connectivity index (χ3n) is 4.20. The molecule has 23 heavy (non-hydrogen) atoms. The van der Waals surface area contributed by atoms with Crippen LogP contribution in [0, 0.1) is 5.92 Å². The molecule has 1 fully saturated rings. The molecule has 1 heterocycles. The van der Waals surface area contributed by atoms with Gasteiger partial charge in [0.05, 0.1) is 12.7 Å². The van der Waals surface area contributed by atoms with Gasteiger partial charge in [-0.15, -0.1) is 0 Å². The quantitative estimate of drug-likeness (QED) is 0.372. The largest absolute Gasteiger partial charge is 0.344 e. The van der Waals surface area contributed by atoms with Crippen molar-refractivity contribution in [1.29, 1.82) is 0 Å². The first-order chi connectivity index (χ1) is 10.8. The summed E-state index contributed by atoms with van der Waals surface area (Å²) in [6.07, 6.45) is 14.9. The molecule has 0 amide bonds. The van der Waals surface area contributed by atoms with E-state index in [0.29, 0.717) is 6.61 Å². The molecule has 0 radical (unpaired) electrons. The molecule has 0 aromatic rings. The lowest BCUT2D eigenvalue weighted by atomic mass is 10.0. The first-order valence-electron chi connectivity index (χ1n) is 9.13. The summed E-state index contributed by atoms with van der Waals surface area (Å²) in [4.78, 5) is 0. The molecule has 0 aromatic heterocycles. The van der Waals surface area contributed by atoms with Gasteiger partial charge in [0.1, 0.15) is 0 Å². The third-order valence-corrected chi connectivity index (χ3v) is 4.20. The predicted molar refractivity (Wildman–Crippen MR) is 99.5 cm³/mol. The Labute approximate surface area is 143 Å². The standard InChI is InChI=1S/C21H36O2/c1-17(2)10-7-11-18(3)12-8-13-19(4)14-9-15-21(6)22-16-20(5)23-21/h9,12,14-15,17,20H,7-8,10-11,13,16H2,1-6H3. The fourth-order valence-electron chi connectivity index (χ4n) is 2.75. The minimum atomic E-state index is -0.552. The molecule has 2 unspecified atom stereocenters. The van der Waals surface area contributed by atoms with Crippen molar-refractivity contribution in [1.82, 2.24) is 0 Å². The summed E-state index contributed by atoms with van der Waals surface area (Å²) < 4.78 is 11.4. The highest BCUT2D eigenvalue weighted by molar-refractivity contribution is 5.14. The van der Waals surface area contributed by atoms with Crippen molar-refractivity contribution < 1.29 is 9.47 Å². The molecule has 0 aliphatic carbocycles. The summed E-state index contributed by atoms with van der Waals surface area (Å²) in [7, 11) is 0. The lowest BCUT2D eigenvalue weighted by Crippen LogP contribution is -2.22. The Morgan fingerprint density at radius 2 is 1.96 bits per heavy atom. The fraction of sp³-hybridized carbons (Fsp3) is 0.714. The van der Waals surface area contributed by atoms with Crippen molar-refractivity contribution >= 4 is 0 Å². The van der Waals surface area contributed by atoms with E-state index in [9.17, 15) is 0 Å². The van der Waals surface area contributed by atoms with Gasteiger partial charge in [-0.1, -0.05) is 49.6 Å². The zero-order chi connectivity index (χ0) is 17.3. The maximum Gasteiger partial charge on any atom is 0.185 e. The number of allylic oxidation sites excluding steroid dienone is 5. The normalized spacial score (nSPS) is 26.7. The summed E-state index contributed by atoms with van der Waals surface area (Å²) in [6.45, 7) is 13.7. The minimum absolute atomic E-state index is 0.179. The molecule has 2 heteroatoms. The van der Waals surface area contributed by atoms with E-state index in [-0.39, 0.29) is 6.10 Å². The zero-order valence-corrected chi connectivity index (χ0v) is 16.0. The van der Waals surface area contributed by atoms with Gasteiger partial charge in [0.15, 0.2) is 5.79 Å². The summed E-state index contributed by atoms with van der Waals surface area (Å²) in [5.74, 6) is 0.265. The average Bonchev–Trinajstić information content (AvgIpc) is 2.78. The first-order valence-corrected chi connectivity index (χ1v) is 9.13. The highest BCUT2D eigenvalue weighted by atomic mass is 16.7. The number of hydrogen-bond acceptors (Lipinski definition) is 2. The molecule has 132 valence electrons.